The summed E-state index contributed by atoms with van der Waals surface area (Å²) >= 11 is 0. The van der Waals surface area contributed by atoms with E-state index in [1.54, 1.807) is 0 Å². The van der Waals surface area contributed by atoms with E-state index in [2.05, 4.69) is 5.32 Å². The number of primary amides is 1. The molecule has 2 rings (SSSR count). The summed E-state index contributed by atoms with van der Waals surface area (Å²) in [5.41, 5.74) is 4.63. The van der Waals surface area contributed by atoms with Crippen LogP contribution in [0.4, 0.5) is 8.78 Å². The lowest BCUT2D eigenvalue weighted by Crippen LogP contribution is -2.57. The highest BCUT2D eigenvalue weighted by atomic mass is 19.1. The van der Waals surface area contributed by atoms with Crippen LogP contribution in [0.15, 0.2) is 18.2 Å². The molecule has 0 radical (unpaired) electrons. The van der Waals surface area contributed by atoms with Crippen molar-refractivity contribution in [2.24, 2.45) is 5.73 Å². The van der Waals surface area contributed by atoms with E-state index in [1.165, 1.54) is 6.07 Å². The third-order valence-corrected chi connectivity index (χ3v) is 4.13. The average Bonchev–Trinajstić information content (AvgIpc) is 2.45. The van der Waals surface area contributed by atoms with Crippen molar-refractivity contribution in [1.82, 2.24) is 5.32 Å². The lowest BCUT2D eigenvalue weighted by molar-refractivity contribution is -0.126. The van der Waals surface area contributed by atoms with Crippen molar-refractivity contribution in [3.63, 3.8) is 0 Å². The number of nitrogens with one attached hydrogen (secondary N) is 1. The molecule has 1 aliphatic carbocycles. The molecule has 1 aromatic carbocycles. The van der Waals surface area contributed by atoms with Crippen molar-refractivity contribution in [3.05, 3.63) is 35.4 Å². The Balaban J connectivity index is 2.05. The Morgan fingerprint density at radius 3 is 2.57 bits per heavy atom. The minimum absolute atomic E-state index is 0.000621. The monoisotopic (exact) mass is 298 g/mol. The van der Waals surface area contributed by atoms with Gasteiger partial charge in [0.2, 0.25) is 5.91 Å². The Hall–Kier alpha value is -1.53. The van der Waals surface area contributed by atoms with E-state index in [4.69, 9.17) is 5.73 Å². The third kappa shape index (κ3) is 3.57. The maximum Gasteiger partial charge on any atom is 0.237 e. The molecule has 1 aliphatic rings. The number of hydrogen-bond acceptors (Lipinski definition) is 3. The summed E-state index contributed by atoms with van der Waals surface area (Å²) in [5.74, 6) is -1.95. The van der Waals surface area contributed by atoms with E-state index < -0.39 is 29.2 Å². The lowest BCUT2D eigenvalue weighted by atomic mass is 9.81. The predicted molar refractivity (Wildman–Crippen MR) is 74.3 cm³/mol. The van der Waals surface area contributed by atoms with Crippen LogP contribution in [-0.4, -0.2) is 23.1 Å². The molecular formula is C15H20F2N2O2. The molecule has 1 atom stereocenters. The fraction of sp³-hybridized carbons (Fsp3) is 0.533. The zero-order chi connectivity index (χ0) is 15.5. The Morgan fingerprint density at radius 2 is 2.00 bits per heavy atom. The van der Waals surface area contributed by atoms with Crippen LogP contribution < -0.4 is 11.1 Å². The number of hydrogen-bond donors (Lipinski definition) is 3. The number of rotatable bonds is 5. The van der Waals surface area contributed by atoms with Gasteiger partial charge >= 0.3 is 0 Å². The zero-order valence-electron chi connectivity index (χ0n) is 11.7. The summed E-state index contributed by atoms with van der Waals surface area (Å²) in [4.78, 5) is 11.7. The van der Waals surface area contributed by atoms with Crippen molar-refractivity contribution in [2.75, 3.05) is 6.54 Å². The number of β-amino-alcohol motifs (C(OH)–C–C–N with tert-alkyl or cyclic N) is 1. The van der Waals surface area contributed by atoms with Gasteiger partial charge < -0.3 is 16.2 Å². The zero-order valence-corrected chi connectivity index (χ0v) is 11.7. The maximum atomic E-state index is 13.6. The quantitative estimate of drug-likeness (QED) is 0.775. The molecule has 1 unspecified atom stereocenters. The lowest BCUT2D eigenvalue weighted by Gasteiger charge is -2.36. The fourth-order valence-electron chi connectivity index (χ4n) is 2.84. The molecule has 4 nitrogen and oxygen atoms in total. The van der Waals surface area contributed by atoms with Crippen LogP contribution in [0, 0.1) is 11.6 Å². The fourth-order valence-corrected chi connectivity index (χ4v) is 2.84. The second-order valence-electron chi connectivity index (χ2n) is 5.57. The number of aliphatic hydroxyl groups excluding tert-OH is 1. The number of halogens is 2. The summed E-state index contributed by atoms with van der Waals surface area (Å²) < 4.78 is 26.5. The highest BCUT2D eigenvalue weighted by molar-refractivity contribution is 5.84. The molecule has 1 saturated carbocycles. The predicted octanol–water partition coefficient (Wildman–Crippen LogP) is 1.78. The Morgan fingerprint density at radius 1 is 1.33 bits per heavy atom. The molecule has 0 spiro atoms. The van der Waals surface area contributed by atoms with Gasteiger partial charge in [-0.05, 0) is 18.9 Å². The van der Waals surface area contributed by atoms with Gasteiger partial charge in [0.1, 0.15) is 11.6 Å². The van der Waals surface area contributed by atoms with E-state index in [0.29, 0.717) is 12.8 Å². The second kappa shape index (κ2) is 6.49. The van der Waals surface area contributed by atoms with Gasteiger partial charge in [-0.1, -0.05) is 25.3 Å². The number of carbonyl (C=O) groups is 1. The molecule has 0 aliphatic heterocycles. The molecule has 1 aromatic rings. The maximum absolute atomic E-state index is 13.6. The molecule has 1 fully saturated rings. The minimum atomic E-state index is -1.16. The largest absolute Gasteiger partial charge is 0.387 e. The van der Waals surface area contributed by atoms with E-state index in [-0.39, 0.29) is 12.1 Å². The van der Waals surface area contributed by atoms with Gasteiger partial charge in [0.25, 0.3) is 0 Å². The molecule has 0 heterocycles. The molecule has 1 amide bonds. The van der Waals surface area contributed by atoms with Crippen LogP contribution in [0.2, 0.25) is 0 Å². The number of aliphatic hydroxyl groups is 1. The van der Waals surface area contributed by atoms with Crippen molar-refractivity contribution < 1.29 is 18.7 Å². The first-order valence-corrected chi connectivity index (χ1v) is 7.12. The van der Waals surface area contributed by atoms with Gasteiger partial charge in [-0.15, -0.1) is 0 Å². The first-order chi connectivity index (χ1) is 9.94. The van der Waals surface area contributed by atoms with E-state index in [9.17, 15) is 18.7 Å². The van der Waals surface area contributed by atoms with E-state index in [1.807, 2.05) is 0 Å². The van der Waals surface area contributed by atoms with E-state index >= 15 is 0 Å². The van der Waals surface area contributed by atoms with Crippen molar-refractivity contribution >= 4 is 5.91 Å². The van der Waals surface area contributed by atoms with Crippen LogP contribution in [0.3, 0.4) is 0 Å². The molecule has 0 saturated heterocycles. The highest BCUT2D eigenvalue weighted by Gasteiger charge is 2.37. The van der Waals surface area contributed by atoms with Gasteiger partial charge in [-0.2, -0.15) is 0 Å². The van der Waals surface area contributed by atoms with Crippen LogP contribution in [-0.2, 0) is 4.79 Å². The van der Waals surface area contributed by atoms with Crippen molar-refractivity contribution in [3.8, 4) is 0 Å². The second-order valence-corrected chi connectivity index (χ2v) is 5.57. The van der Waals surface area contributed by atoms with Gasteiger partial charge in [-0.25, -0.2) is 8.78 Å². The van der Waals surface area contributed by atoms with Crippen LogP contribution in [0.5, 0.6) is 0 Å². The molecule has 6 heteroatoms. The molecule has 0 bridgehead atoms. The topological polar surface area (TPSA) is 75.4 Å². The van der Waals surface area contributed by atoms with Crippen LogP contribution in [0.1, 0.15) is 43.8 Å². The summed E-state index contributed by atoms with van der Waals surface area (Å²) in [6.07, 6.45) is 2.88. The Kier molecular flexibility index (Phi) is 4.90. The summed E-state index contributed by atoms with van der Waals surface area (Å²) in [5, 5.41) is 13.0. The molecule has 116 valence electrons. The van der Waals surface area contributed by atoms with Crippen LogP contribution in [0.25, 0.3) is 0 Å². The Labute approximate surface area is 122 Å². The first kappa shape index (κ1) is 15.9. The number of benzene rings is 1. The van der Waals surface area contributed by atoms with Crippen LogP contribution >= 0.6 is 0 Å². The van der Waals surface area contributed by atoms with Gasteiger partial charge in [-0.3, -0.25) is 4.79 Å². The SMILES string of the molecule is NC(=O)C1(NCC(O)c2ccc(F)cc2F)CCCCC1. The number of carbonyl (C=O) groups excluding carboxylic acids is 1. The molecule has 21 heavy (non-hydrogen) atoms. The normalized spacial score (nSPS) is 19.2. The van der Waals surface area contributed by atoms with Gasteiger partial charge in [0.05, 0.1) is 11.6 Å². The smallest absolute Gasteiger partial charge is 0.237 e. The van der Waals surface area contributed by atoms with Gasteiger partial charge in [0, 0.05) is 18.2 Å². The molecular weight excluding hydrogens is 278 g/mol. The molecule has 4 N–H and O–H groups in total. The summed E-state index contributed by atoms with van der Waals surface area (Å²) in [6.45, 7) is -0.00844. The standard InChI is InChI=1S/C15H20F2N2O2/c16-10-4-5-11(12(17)8-10)13(20)9-19-15(14(18)21)6-2-1-3-7-15/h4-5,8,13,19-20H,1-3,6-7,9H2,(H2,18,21). The van der Waals surface area contributed by atoms with Gasteiger partial charge in [0.15, 0.2) is 0 Å². The Bertz CT molecular complexity index is 516. The summed E-state index contributed by atoms with van der Waals surface area (Å²) in [7, 11) is 0. The van der Waals surface area contributed by atoms with E-state index in [0.717, 1.165) is 31.4 Å². The third-order valence-electron chi connectivity index (χ3n) is 4.13. The number of nitrogens with two attached hydrogens (primary N) is 1. The van der Waals surface area contributed by atoms with Crippen molar-refractivity contribution in [2.45, 2.75) is 43.7 Å². The van der Waals surface area contributed by atoms with Crippen molar-refractivity contribution in [1.29, 1.82) is 0 Å². The first-order valence-electron chi connectivity index (χ1n) is 7.12. The summed E-state index contributed by atoms with van der Waals surface area (Å²) in [6, 6.07) is 3.02. The minimum Gasteiger partial charge on any atom is -0.387 e. The number of amides is 1. The highest BCUT2D eigenvalue weighted by Crippen LogP contribution is 2.28. The molecule has 0 aromatic heterocycles. The average molecular weight is 298 g/mol.